The van der Waals surface area contributed by atoms with E-state index in [1.165, 1.54) is 16.7 Å². The van der Waals surface area contributed by atoms with Crippen molar-refractivity contribution < 1.29 is 9.53 Å². The number of nitrogens with zero attached hydrogens (tertiary/aromatic N) is 1. The number of hydrogen-bond acceptors (Lipinski definition) is 3. The summed E-state index contributed by atoms with van der Waals surface area (Å²) in [6.45, 7) is 6.99. The molecular formula is C27H30NO2P. The van der Waals surface area contributed by atoms with E-state index in [1.807, 2.05) is 38.1 Å². The lowest BCUT2D eigenvalue weighted by Gasteiger charge is -2.39. The van der Waals surface area contributed by atoms with Gasteiger partial charge in [-0.2, -0.15) is 0 Å². The predicted molar refractivity (Wildman–Crippen MR) is 132 cm³/mol. The van der Waals surface area contributed by atoms with Crippen LogP contribution in [0, 0.1) is 0 Å². The minimum atomic E-state index is -0.529. The Kier molecular flexibility index (Phi) is 6.67. The molecule has 160 valence electrons. The van der Waals surface area contributed by atoms with Gasteiger partial charge in [-0.25, -0.2) is 0 Å². The summed E-state index contributed by atoms with van der Waals surface area (Å²) in [5, 5.41) is 0. The lowest BCUT2D eigenvalue weighted by atomic mass is 9.90. The van der Waals surface area contributed by atoms with E-state index in [-0.39, 0.29) is 5.78 Å². The van der Waals surface area contributed by atoms with Gasteiger partial charge >= 0.3 is 0 Å². The Balaban J connectivity index is 1.49. The van der Waals surface area contributed by atoms with Gasteiger partial charge in [0.15, 0.2) is 5.78 Å². The Bertz CT molecular complexity index is 1020. The van der Waals surface area contributed by atoms with E-state index >= 15 is 0 Å². The third-order valence-electron chi connectivity index (χ3n) is 6.25. The highest BCUT2D eigenvalue weighted by Crippen LogP contribution is 2.27. The zero-order chi connectivity index (χ0) is 21.8. The van der Waals surface area contributed by atoms with Crippen LogP contribution in [-0.2, 0) is 10.9 Å². The second kappa shape index (κ2) is 9.44. The van der Waals surface area contributed by atoms with Crippen molar-refractivity contribution in [3.63, 3.8) is 0 Å². The molecule has 0 aliphatic carbocycles. The molecule has 0 bridgehead atoms. The highest BCUT2D eigenvalue weighted by Gasteiger charge is 2.35. The van der Waals surface area contributed by atoms with E-state index in [4.69, 9.17) is 4.74 Å². The summed E-state index contributed by atoms with van der Waals surface area (Å²) < 4.78 is 5.44. The maximum atomic E-state index is 13.2. The van der Waals surface area contributed by atoms with Crippen molar-refractivity contribution in [2.45, 2.75) is 25.5 Å². The molecule has 0 radical (unpaired) electrons. The number of benzene rings is 3. The first-order valence-corrected chi connectivity index (χ1v) is 11.7. The number of ether oxygens (including phenoxy) is 1. The number of Topliss-reactive ketones (excluding diaryl/α,β-unsaturated/α-hetero) is 1. The molecule has 3 nitrogen and oxygen atoms in total. The molecule has 1 aliphatic heterocycles. The number of carbonyl (C=O) groups excluding carboxylic acids is 1. The summed E-state index contributed by atoms with van der Waals surface area (Å²) >= 11 is 0. The van der Waals surface area contributed by atoms with E-state index in [2.05, 4.69) is 62.7 Å². The van der Waals surface area contributed by atoms with Crippen LogP contribution >= 0.6 is 9.24 Å². The fourth-order valence-electron chi connectivity index (χ4n) is 4.12. The smallest absolute Gasteiger partial charge is 0.182 e. The third kappa shape index (κ3) is 4.80. The summed E-state index contributed by atoms with van der Waals surface area (Å²) in [6.07, 6.45) is 0.974. The van der Waals surface area contributed by atoms with Crippen LogP contribution in [-0.4, -0.2) is 42.5 Å². The number of rotatable bonds is 6. The normalized spacial score (nSPS) is 15.1. The highest BCUT2D eigenvalue weighted by atomic mass is 31.0. The van der Waals surface area contributed by atoms with Gasteiger partial charge in [-0.05, 0) is 47.8 Å². The Morgan fingerprint density at radius 2 is 1.23 bits per heavy atom. The predicted octanol–water partition coefficient (Wildman–Crippen LogP) is 5.69. The molecule has 0 amide bonds. The van der Waals surface area contributed by atoms with E-state index in [0.717, 1.165) is 35.9 Å². The van der Waals surface area contributed by atoms with Crippen LogP contribution < -0.4 is 0 Å². The van der Waals surface area contributed by atoms with Gasteiger partial charge in [-0.15, -0.1) is 9.24 Å². The monoisotopic (exact) mass is 431 g/mol. The Morgan fingerprint density at radius 1 is 0.806 bits per heavy atom. The van der Waals surface area contributed by atoms with Gasteiger partial charge in [0.2, 0.25) is 0 Å². The first-order valence-electron chi connectivity index (χ1n) is 10.9. The maximum absolute atomic E-state index is 13.2. The molecule has 1 fully saturated rings. The summed E-state index contributed by atoms with van der Waals surface area (Å²) in [4.78, 5) is 15.4. The van der Waals surface area contributed by atoms with Crippen molar-refractivity contribution >= 4 is 15.0 Å². The molecule has 1 heterocycles. The molecule has 0 spiro atoms. The van der Waals surface area contributed by atoms with Crippen LogP contribution in [0.3, 0.4) is 0 Å². The van der Waals surface area contributed by atoms with Gasteiger partial charge in [-0.1, -0.05) is 72.8 Å². The fourth-order valence-corrected chi connectivity index (χ4v) is 4.39. The largest absolute Gasteiger partial charge is 0.379 e. The van der Waals surface area contributed by atoms with E-state index in [9.17, 15) is 4.79 Å². The van der Waals surface area contributed by atoms with E-state index in [1.54, 1.807) is 0 Å². The summed E-state index contributed by atoms with van der Waals surface area (Å²) in [6, 6.07) is 25.3. The Labute approximate surface area is 187 Å². The number of hydrogen-bond donors (Lipinski definition) is 0. The molecule has 0 saturated carbocycles. The second-order valence-electron chi connectivity index (χ2n) is 8.54. The molecule has 4 rings (SSSR count). The topological polar surface area (TPSA) is 29.5 Å². The van der Waals surface area contributed by atoms with Crippen LogP contribution in [0.5, 0.6) is 0 Å². The van der Waals surface area contributed by atoms with Crippen LogP contribution in [0.1, 0.15) is 29.8 Å². The van der Waals surface area contributed by atoms with Gasteiger partial charge < -0.3 is 4.74 Å². The highest BCUT2D eigenvalue weighted by molar-refractivity contribution is 7.15. The minimum Gasteiger partial charge on any atom is -0.379 e. The van der Waals surface area contributed by atoms with Crippen molar-refractivity contribution in [2.75, 3.05) is 26.3 Å². The van der Waals surface area contributed by atoms with E-state index in [0.29, 0.717) is 13.2 Å². The van der Waals surface area contributed by atoms with Gasteiger partial charge in [0.1, 0.15) is 0 Å². The fraction of sp³-hybridized carbons (Fsp3) is 0.296. The van der Waals surface area contributed by atoms with Crippen molar-refractivity contribution in [2.24, 2.45) is 0 Å². The quantitative estimate of drug-likeness (QED) is 0.371. The first kappa shape index (κ1) is 21.9. The number of morpholine rings is 1. The van der Waals surface area contributed by atoms with Crippen molar-refractivity contribution in [1.82, 2.24) is 4.90 Å². The first-order chi connectivity index (χ1) is 15.0. The molecule has 1 saturated heterocycles. The standard InChI is InChI=1S/C27H30NO2P/c1-27(2,28-15-17-30-18-16-28)26(29)25-13-11-24(12-14-25)23-9-7-22(8-10-23)21-5-3-20(19-31)4-6-21/h3-14H,15-19,31H2,1-2H3. The van der Waals surface area contributed by atoms with Gasteiger partial charge in [0.25, 0.3) is 0 Å². The molecule has 1 atom stereocenters. The number of ketones is 1. The van der Waals surface area contributed by atoms with Crippen molar-refractivity contribution in [3.05, 3.63) is 83.9 Å². The zero-order valence-electron chi connectivity index (χ0n) is 18.3. The molecule has 3 aromatic carbocycles. The average molecular weight is 432 g/mol. The molecule has 0 aromatic heterocycles. The Morgan fingerprint density at radius 3 is 1.68 bits per heavy atom. The molecular weight excluding hydrogens is 401 g/mol. The molecule has 3 aromatic rings. The second-order valence-corrected chi connectivity index (χ2v) is 8.95. The van der Waals surface area contributed by atoms with Crippen molar-refractivity contribution in [3.8, 4) is 22.3 Å². The van der Waals surface area contributed by atoms with Crippen molar-refractivity contribution in [1.29, 1.82) is 0 Å². The average Bonchev–Trinajstić information content (AvgIpc) is 2.84. The molecule has 4 heteroatoms. The molecule has 1 aliphatic rings. The lowest BCUT2D eigenvalue weighted by Crippen LogP contribution is -2.54. The summed E-state index contributed by atoms with van der Waals surface area (Å²) in [5.41, 5.74) is 6.24. The Hall–Kier alpha value is -2.32. The molecule has 1 unspecified atom stereocenters. The molecule has 0 N–H and O–H groups in total. The summed E-state index contributed by atoms with van der Waals surface area (Å²) in [5.74, 6) is 0.158. The third-order valence-corrected chi connectivity index (χ3v) is 6.72. The van der Waals surface area contributed by atoms with Crippen LogP contribution in [0.15, 0.2) is 72.8 Å². The zero-order valence-corrected chi connectivity index (χ0v) is 19.5. The summed E-state index contributed by atoms with van der Waals surface area (Å²) in [7, 11) is 2.76. The van der Waals surface area contributed by atoms with Crippen LogP contribution in [0.25, 0.3) is 22.3 Å². The SMILES string of the molecule is CC(C)(C(=O)c1ccc(-c2ccc(-c3ccc(CP)cc3)cc2)cc1)N1CCOCC1. The van der Waals surface area contributed by atoms with Gasteiger partial charge in [0.05, 0.1) is 18.8 Å². The van der Waals surface area contributed by atoms with E-state index < -0.39 is 5.54 Å². The van der Waals surface area contributed by atoms with Gasteiger partial charge in [-0.3, -0.25) is 9.69 Å². The number of carbonyl (C=O) groups is 1. The van der Waals surface area contributed by atoms with Gasteiger partial charge in [0, 0.05) is 18.7 Å². The molecule has 31 heavy (non-hydrogen) atoms. The maximum Gasteiger partial charge on any atom is 0.182 e. The minimum absolute atomic E-state index is 0.158. The van der Waals surface area contributed by atoms with Crippen LogP contribution in [0.4, 0.5) is 0 Å². The lowest BCUT2D eigenvalue weighted by molar-refractivity contribution is -0.00429. The van der Waals surface area contributed by atoms with Crippen LogP contribution in [0.2, 0.25) is 0 Å².